The Morgan fingerprint density at radius 1 is 1.16 bits per heavy atom. The van der Waals surface area contributed by atoms with E-state index in [9.17, 15) is 0 Å². The first-order valence-corrected chi connectivity index (χ1v) is 7.62. The van der Waals surface area contributed by atoms with Crippen LogP contribution in [-0.4, -0.2) is 20.2 Å². The third-order valence-electron chi connectivity index (χ3n) is 4.39. The highest BCUT2D eigenvalue weighted by molar-refractivity contribution is 5.27. The van der Waals surface area contributed by atoms with Crippen molar-refractivity contribution in [2.75, 3.05) is 14.2 Å². The fourth-order valence-electron chi connectivity index (χ4n) is 3.17. The summed E-state index contributed by atoms with van der Waals surface area (Å²) in [6.45, 7) is 0. The number of likely N-dealkylation sites (N-methyl/N-ethyl adjacent to an activating group) is 1. The summed E-state index contributed by atoms with van der Waals surface area (Å²) in [5.74, 6) is 1.88. The maximum Gasteiger partial charge on any atom is 0.118 e. The van der Waals surface area contributed by atoms with Crippen LogP contribution in [0.5, 0.6) is 5.75 Å². The van der Waals surface area contributed by atoms with E-state index in [0.717, 1.165) is 18.1 Å². The first kappa shape index (κ1) is 14.4. The molecule has 0 spiro atoms. The molecule has 1 atom stereocenters. The van der Waals surface area contributed by atoms with E-state index in [1.807, 2.05) is 0 Å². The average molecular weight is 261 g/mol. The lowest BCUT2D eigenvalue weighted by Crippen LogP contribution is -2.30. The minimum atomic E-state index is 0.608. The molecule has 0 aromatic heterocycles. The van der Waals surface area contributed by atoms with Crippen molar-refractivity contribution in [3.8, 4) is 5.75 Å². The van der Waals surface area contributed by atoms with Crippen molar-refractivity contribution in [1.82, 2.24) is 5.32 Å². The van der Waals surface area contributed by atoms with Crippen LogP contribution in [0.1, 0.15) is 44.1 Å². The molecular weight excluding hydrogens is 234 g/mol. The first-order valence-electron chi connectivity index (χ1n) is 7.62. The number of ether oxygens (including phenoxy) is 1. The Balaban J connectivity index is 1.86. The molecule has 19 heavy (non-hydrogen) atoms. The number of methoxy groups -OCH3 is 1. The third kappa shape index (κ3) is 4.54. The van der Waals surface area contributed by atoms with Gasteiger partial charge in [0.25, 0.3) is 0 Å². The second-order valence-corrected chi connectivity index (χ2v) is 5.78. The molecule has 2 nitrogen and oxygen atoms in total. The van der Waals surface area contributed by atoms with Gasteiger partial charge in [-0.25, -0.2) is 0 Å². The van der Waals surface area contributed by atoms with Crippen LogP contribution in [-0.2, 0) is 6.42 Å². The van der Waals surface area contributed by atoms with Gasteiger partial charge in [-0.05, 0) is 43.5 Å². The van der Waals surface area contributed by atoms with Crippen LogP contribution >= 0.6 is 0 Å². The first-order chi connectivity index (χ1) is 9.31. The van der Waals surface area contributed by atoms with Gasteiger partial charge in [0.2, 0.25) is 0 Å². The molecule has 1 aliphatic carbocycles. The molecule has 0 heterocycles. The SMILES string of the molecule is CNC(Cc1ccc(OC)cc1)CC1CCCCC1. The zero-order valence-electron chi connectivity index (χ0n) is 12.3. The van der Waals surface area contributed by atoms with Crippen molar-refractivity contribution < 1.29 is 4.74 Å². The Hall–Kier alpha value is -1.02. The molecule has 2 heteroatoms. The summed E-state index contributed by atoms with van der Waals surface area (Å²) in [5, 5.41) is 3.50. The minimum Gasteiger partial charge on any atom is -0.497 e. The van der Waals surface area contributed by atoms with Crippen molar-refractivity contribution in [1.29, 1.82) is 0 Å². The number of benzene rings is 1. The predicted octanol–water partition coefficient (Wildman–Crippen LogP) is 3.80. The zero-order valence-corrected chi connectivity index (χ0v) is 12.3. The van der Waals surface area contributed by atoms with Crippen molar-refractivity contribution >= 4 is 0 Å². The van der Waals surface area contributed by atoms with Gasteiger partial charge < -0.3 is 10.1 Å². The molecule has 0 radical (unpaired) electrons. The van der Waals surface area contributed by atoms with E-state index in [2.05, 4.69) is 36.6 Å². The normalized spacial score (nSPS) is 18.2. The van der Waals surface area contributed by atoms with Crippen LogP contribution in [0, 0.1) is 5.92 Å². The summed E-state index contributed by atoms with van der Waals surface area (Å²) < 4.78 is 5.21. The number of rotatable bonds is 6. The van der Waals surface area contributed by atoms with Crippen LogP contribution in [0.3, 0.4) is 0 Å². The Bertz CT molecular complexity index is 354. The van der Waals surface area contributed by atoms with Gasteiger partial charge in [0, 0.05) is 6.04 Å². The average Bonchev–Trinajstić information content (AvgIpc) is 2.48. The van der Waals surface area contributed by atoms with Gasteiger partial charge in [-0.3, -0.25) is 0 Å². The fraction of sp³-hybridized carbons (Fsp3) is 0.647. The molecule has 1 N–H and O–H groups in total. The van der Waals surface area contributed by atoms with Gasteiger partial charge in [-0.15, -0.1) is 0 Å². The van der Waals surface area contributed by atoms with Gasteiger partial charge in [0.05, 0.1) is 7.11 Å². The molecule has 2 rings (SSSR count). The standard InChI is InChI=1S/C17H27NO/c1-18-16(12-14-6-4-3-5-7-14)13-15-8-10-17(19-2)11-9-15/h8-11,14,16,18H,3-7,12-13H2,1-2H3. The largest absolute Gasteiger partial charge is 0.497 e. The molecule has 1 aliphatic rings. The lowest BCUT2D eigenvalue weighted by Gasteiger charge is -2.26. The second kappa shape index (κ2) is 7.54. The van der Waals surface area contributed by atoms with Crippen molar-refractivity contribution in [2.24, 2.45) is 5.92 Å². The van der Waals surface area contributed by atoms with E-state index in [0.29, 0.717) is 6.04 Å². The van der Waals surface area contributed by atoms with Gasteiger partial charge in [-0.1, -0.05) is 44.2 Å². The lowest BCUT2D eigenvalue weighted by atomic mass is 9.83. The van der Waals surface area contributed by atoms with Crippen LogP contribution in [0.4, 0.5) is 0 Å². The predicted molar refractivity (Wildman–Crippen MR) is 80.7 cm³/mol. The van der Waals surface area contributed by atoms with E-state index >= 15 is 0 Å². The summed E-state index contributed by atoms with van der Waals surface area (Å²) in [4.78, 5) is 0. The minimum absolute atomic E-state index is 0.608. The highest BCUT2D eigenvalue weighted by atomic mass is 16.5. The van der Waals surface area contributed by atoms with Gasteiger partial charge in [0.15, 0.2) is 0 Å². The number of hydrogen-bond donors (Lipinski definition) is 1. The van der Waals surface area contributed by atoms with E-state index < -0.39 is 0 Å². The van der Waals surface area contributed by atoms with Crippen molar-refractivity contribution in [3.63, 3.8) is 0 Å². The summed E-state index contributed by atoms with van der Waals surface area (Å²) in [7, 11) is 3.81. The molecule has 0 aliphatic heterocycles. The van der Waals surface area contributed by atoms with E-state index in [1.54, 1.807) is 7.11 Å². The molecule has 1 aromatic carbocycles. The maximum absolute atomic E-state index is 5.21. The zero-order chi connectivity index (χ0) is 13.5. The van der Waals surface area contributed by atoms with E-state index in [4.69, 9.17) is 4.74 Å². The van der Waals surface area contributed by atoms with Gasteiger partial charge in [-0.2, -0.15) is 0 Å². The van der Waals surface area contributed by atoms with Crippen LogP contribution in [0.2, 0.25) is 0 Å². The molecule has 1 unspecified atom stereocenters. The summed E-state index contributed by atoms with van der Waals surface area (Å²) in [6.07, 6.45) is 9.62. The molecule has 0 saturated heterocycles. The van der Waals surface area contributed by atoms with Crippen molar-refractivity contribution in [2.45, 2.75) is 51.0 Å². The molecule has 1 aromatic rings. The van der Waals surface area contributed by atoms with Crippen molar-refractivity contribution in [3.05, 3.63) is 29.8 Å². The quantitative estimate of drug-likeness (QED) is 0.841. The number of hydrogen-bond acceptors (Lipinski definition) is 2. The Labute approximate surface area is 117 Å². The molecule has 1 fully saturated rings. The van der Waals surface area contributed by atoms with Gasteiger partial charge >= 0.3 is 0 Å². The molecule has 0 amide bonds. The molecule has 106 valence electrons. The molecule has 1 saturated carbocycles. The summed E-state index contributed by atoms with van der Waals surface area (Å²) in [6, 6.07) is 9.09. The number of nitrogens with one attached hydrogen (secondary N) is 1. The van der Waals surface area contributed by atoms with Crippen LogP contribution in [0.15, 0.2) is 24.3 Å². The van der Waals surface area contributed by atoms with Gasteiger partial charge in [0.1, 0.15) is 5.75 Å². The second-order valence-electron chi connectivity index (χ2n) is 5.78. The van der Waals surface area contributed by atoms with Crippen LogP contribution in [0.25, 0.3) is 0 Å². The smallest absolute Gasteiger partial charge is 0.118 e. The van der Waals surface area contributed by atoms with E-state index in [-0.39, 0.29) is 0 Å². The lowest BCUT2D eigenvalue weighted by molar-refractivity contribution is 0.302. The Morgan fingerprint density at radius 3 is 2.42 bits per heavy atom. The highest BCUT2D eigenvalue weighted by Crippen LogP contribution is 2.28. The monoisotopic (exact) mass is 261 g/mol. The fourth-order valence-corrected chi connectivity index (χ4v) is 3.17. The summed E-state index contributed by atoms with van der Waals surface area (Å²) >= 11 is 0. The van der Waals surface area contributed by atoms with E-state index in [1.165, 1.54) is 44.1 Å². The Kier molecular flexibility index (Phi) is 5.71. The molecule has 0 bridgehead atoms. The maximum atomic E-state index is 5.21. The van der Waals surface area contributed by atoms with Crippen LogP contribution < -0.4 is 10.1 Å². The Morgan fingerprint density at radius 2 is 1.84 bits per heavy atom. The molecular formula is C17H27NO. The summed E-state index contributed by atoms with van der Waals surface area (Å²) in [5.41, 5.74) is 1.40. The third-order valence-corrected chi connectivity index (χ3v) is 4.39. The highest BCUT2D eigenvalue weighted by Gasteiger charge is 2.18. The topological polar surface area (TPSA) is 21.3 Å².